The van der Waals surface area contributed by atoms with E-state index in [1.54, 1.807) is 0 Å². The summed E-state index contributed by atoms with van der Waals surface area (Å²) in [6.07, 6.45) is 13.5. The predicted octanol–water partition coefficient (Wildman–Crippen LogP) is 3.79. The largest absolute Gasteiger partial charge is 0.478 e. The van der Waals surface area contributed by atoms with Crippen molar-refractivity contribution in [1.29, 1.82) is 0 Å². The molecule has 3 N–H and O–H groups in total. The first-order valence-corrected chi connectivity index (χ1v) is 7.81. The average Bonchev–Trinajstić information content (AvgIpc) is 2.39. The molecule has 0 saturated carbocycles. The van der Waals surface area contributed by atoms with E-state index >= 15 is 0 Å². The van der Waals surface area contributed by atoms with Gasteiger partial charge in [-0.05, 0) is 12.8 Å². The Bertz CT molecular complexity index is 311. The molecule has 0 atom stereocenters. The van der Waals surface area contributed by atoms with Gasteiger partial charge in [-0.3, -0.25) is 4.79 Å². The SMILES string of the molecule is CCCCCCCCCCCC/C(=C/C(=O)O)C(N)=O. The number of nitrogens with two attached hydrogens (primary N) is 1. The number of hydrogen-bond acceptors (Lipinski definition) is 2. The van der Waals surface area contributed by atoms with Crippen LogP contribution >= 0.6 is 0 Å². The highest BCUT2D eigenvalue weighted by Crippen LogP contribution is 2.13. The topological polar surface area (TPSA) is 80.4 Å². The summed E-state index contributed by atoms with van der Waals surface area (Å²) in [5.41, 5.74) is 5.35. The Morgan fingerprint density at radius 2 is 1.35 bits per heavy atom. The van der Waals surface area contributed by atoms with E-state index in [9.17, 15) is 9.59 Å². The highest BCUT2D eigenvalue weighted by Gasteiger charge is 2.06. The predicted molar refractivity (Wildman–Crippen MR) is 81.4 cm³/mol. The first kappa shape index (κ1) is 18.7. The van der Waals surface area contributed by atoms with Crippen molar-refractivity contribution in [2.75, 3.05) is 0 Å². The van der Waals surface area contributed by atoms with Crippen LogP contribution in [0.15, 0.2) is 11.6 Å². The highest BCUT2D eigenvalue weighted by molar-refractivity contribution is 5.97. The molecule has 0 aromatic rings. The van der Waals surface area contributed by atoms with Gasteiger partial charge >= 0.3 is 5.97 Å². The van der Waals surface area contributed by atoms with Gasteiger partial charge in [0, 0.05) is 11.6 Å². The van der Waals surface area contributed by atoms with Crippen LogP contribution in [-0.2, 0) is 9.59 Å². The zero-order valence-corrected chi connectivity index (χ0v) is 12.7. The molecule has 0 rings (SSSR count). The van der Waals surface area contributed by atoms with Crippen LogP contribution in [0.2, 0.25) is 0 Å². The van der Waals surface area contributed by atoms with Gasteiger partial charge in [-0.2, -0.15) is 0 Å². The molecule has 0 unspecified atom stereocenters. The van der Waals surface area contributed by atoms with Gasteiger partial charge < -0.3 is 10.8 Å². The van der Waals surface area contributed by atoms with Crippen LogP contribution in [0.1, 0.15) is 77.6 Å². The second kappa shape index (κ2) is 12.7. The summed E-state index contributed by atoms with van der Waals surface area (Å²) < 4.78 is 0. The lowest BCUT2D eigenvalue weighted by molar-refractivity contribution is -0.131. The van der Waals surface area contributed by atoms with Crippen molar-refractivity contribution in [2.24, 2.45) is 5.73 Å². The summed E-state index contributed by atoms with van der Waals surface area (Å²) in [7, 11) is 0. The minimum absolute atomic E-state index is 0.220. The molecule has 0 aromatic carbocycles. The van der Waals surface area contributed by atoms with E-state index in [-0.39, 0.29) is 5.57 Å². The maximum Gasteiger partial charge on any atom is 0.328 e. The number of carboxylic acid groups (broad SMARTS) is 1. The van der Waals surface area contributed by atoms with Gasteiger partial charge in [-0.15, -0.1) is 0 Å². The quantitative estimate of drug-likeness (QED) is 0.398. The van der Waals surface area contributed by atoms with E-state index in [0.29, 0.717) is 6.42 Å². The molecular weight excluding hydrogens is 254 g/mol. The standard InChI is InChI=1S/C16H29NO3/c1-2-3-4-5-6-7-8-9-10-11-12-14(16(17)20)13-15(18)19/h13H,2-12H2,1H3,(H2,17,20)(H,18,19)/b14-13-. The molecule has 0 heterocycles. The molecule has 0 aromatic heterocycles. The van der Waals surface area contributed by atoms with Gasteiger partial charge in [-0.25, -0.2) is 4.79 Å². The number of carbonyl (C=O) groups excluding carboxylic acids is 1. The summed E-state index contributed by atoms with van der Waals surface area (Å²) in [5.74, 6) is -1.73. The first-order valence-electron chi connectivity index (χ1n) is 7.81. The summed E-state index contributed by atoms with van der Waals surface area (Å²) in [6, 6.07) is 0. The highest BCUT2D eigenvalue weighted by atomic mass is 16.4. The van der Waals surface area contributed by atoms with Gasteiger partial charge in [0.1, 0.15) is 0 Å². The van der Waals surface area contributed by atoms with E-state index < -0.39 is 11.9 Å². The maximum atomic E-state index is 11.0. The molecule has 4 heteroatoms. The zero-order valence-electron chi connectivity index (χ0n) is 12.7. The Kier molecular flexibility index (Phi) is 11.9. The smallest absolute Gasteiger partial charge is 0.328 e. The Hall–Kier alpha value is -1.32. The van der Waals surface area contributed by atoms with Gasteiger partial charge in [0.25, 0.3) is 0 Å². The lowest BCUT2D eigenvalue weighted by atomic mass is 10.0. The van der Waals surface area contributed by atoms with Crippen LogP contribution in [0.5, 0.6) is 0 Å². The Labute approximate surface area is 122 Å². The van der Waals surface area contributed by atoms with Crippen LogP contribution in [0.4, 0.5) is 0 Å². The third-order valence-electron chi connectivity index (χ3n) is 3.41. The van der Waals surface area contributed by atoms with Crippen LogP contribution in [-0.4, -0.2) is 17.0 Å². The summed E-state index contributed by atoms with van der Waals surface area (Å²) in [4.78, 5) is 21.5. The number of aliphatic carboxylic acids is 1. The number of rotatable bonds is 13. The molecule has 0 aliphatic rings. The number of amides is 1. The van der Waals surface area contributed by atoms with Crippen LogP contribution in [0.25, 0.3) is 0 Å². The van der Waals surface area contributed by atoms with E-state index in [1.165, 1.54) is 44.9 Å². The number of carboxylic acids is 1. The molecule has 0 spiro atoms. The molecule has 0 aliphatic heterocycles. The minimum atomic E-state index is -1.11. The molecular formula is C16H29NO3. The molecule has 0 fully saturated rings. The van der Waals surface area contributed by atoms with Crippen molar-refractivity contribution in [3.63, 3.8) is 0 Å². The fourth-order valence-electron chi connectivity index (χ4n) is 2.22. The lowest BCUT2D eigenvalue weighted by Gasteiger charge is -2.03. The number of hydrogen-bond donors (Lipinski definition) is 2. The lowest BCUT2D eigenvalue weighted by Crippen LogP contribution is -2.15. The van der Waals surface area contributed by atoms with Gasteiger partial charge in [0.05, 0.1) is 0 Å². The third-order valence-corrected chi connectivity index (χ3v) is 3.41. The molecule has 1 amide bonds. The van der Waals surface area contributed by atoms with Crippen LogP contribution in [0.3, 0.4) is 0 Å². The first-order chi connectivity index (χ1) is 9.57. The summed E-state index contributed by atoms with van der Waals surface area (Å²) >= 11 is 0. The minimum Gasteiger partial charge on any atom is -0.478 e. The second-order valence-electron chi connectivity index (χ2n) is 5.30. The van der Waals surface area contributed by atoms with Crippen molar-refractivity contribution in [3.8, 4) is 0 Å². The monoisotopic (exact) mass is 283 g/mol. The number of carbonyl (C=O) groups is 2. The molecule has 0 radical (unpaired) electrons. The average molecular weight is 283 g/mol. The molecule has 116 valence electrons. The third kappa shape index (κ3) is 11.8. The maximum absolute atomic E-state index is 11.0. The Morgan fingerprint density at radius 1 is 0.900 bits per heavy atom. The van der Waals surface area contributed by atoms with E-state index in [1.807, 2.05) is 0 Å². The van der Waals surface area contributed by atoms with Crippen molar-refractivity contribution in [1.82, 2.24) is 0 Å². The fourth-order valence-corrected chi connectivity index (χ4v) is 2.22. The molecule has 0 aliphatic carbocycles. The van der Waals surface area contributed by atoms with Gasteiger partial charge in [-0.1, -0.05) is 64.7 Å². The van der Waals surface area contributed by atoms with Crippen molar-refractivity contribution < 1.29 is 14.7 Å². The Balaban J connectivity index is 3.51. The molecule has 0 saturated heterocycles. The van der Waals surface area contributed by atoms with Crippen molar-refractivity contribution in [3.05, 3.63) is 11.6 Å². The zero-order chi connectivity index (χ0) is 15.2. The van der Waals surface area contributed by atoms with E-state index in [0.717, 1.165) is 25.3 Å². The second-order valence-corrected chi connectivity index (χ2v) is 5.30. The van der Waals surface area contributed by atoms with Gasteiger partial charge in [0.15, 0.2) is 0 Å². The summed E-state index contributed by atoms with van der Waals surface area (Å²) in [6.45, 7) is 2.22. The number of unbranched alkanes of at least 4 members (excludes halogenated alkanes) is 9. The molecule has 0 bridgehead atoms. The van der Waals surface area contributed by atoms with Crippen LogP contribution in [0, 0.1) is 0 Å². The van der Waals surface area contributed by atoms with Crippen molar-refractivity contribution in [2.45, 2.75) is 77.6 Å². The normalized spacial score (nSPS) is 11.6. The Morgan fingerprint density at radius 3 is 1.75 bits per heavy atom. The summed E-state index contributed by atoms with van der Waals surface area (Å²) in [5, 5.41) is 8.61. The van der Waals surface area contributed by atoms with Crippen molar-refractivity contribution >= 4 is 11.9 Å². The van der Waals surface area contributed by atoms with E-state index in [2.05, 4.69) is 6.92 Å². The number of primary amides is 1. The van der Waals surface area contributed by atoms with Gasteiger partial charge in [0.2, 0.25) is 5.91 Å². The molecule has 20 heavy (non-hydrogen) atoms. The molecule has 4 nitrogen and oxygen atoms in total. The fraction of sp³-hybridized carbons (Fsp3) is 0.750. The van der Waals surface area contributed by atoms with Crippen LogP contribution < -0.4 is 5.73 Å². The van der Waals surface area contributed by atoms with E-state index in [4.69, 9.17) is 10.8 Å².